The van der Waals surface area contributed by atoms with Crippen LogP contribution in [0.25, 0.3) is 32.7 Å². The van der Waals surface area contributed by atoms with Gasteiger partial charge in [-0.15, -0.1) is 0 Å². The fraction of sp³-hybridized carbons (Fsp3) is 0. The molecule has 4 rings (SSSR count). The largest absolute Gasteiger partial charge is 0.206 e. The quantitative estimate of drug-likeness (QED) is 0.189. The summed E-state index contributed by atoms with van der Waals surface area (Å²) >= 11 is 0. The Kier molecular flexibility index (Phi) is 4.02. The van der Waals surface area contributed by atoms with Crippen LogP contribution in [0.1, 0.15) is 0 Å². The van der Waals surface area contributed by atoms with E-state index >= 15 is 0 Å². The van der Waals surface area contributed by atoms with Crippen LogP contribution >= 0.6 is 0 Å². The van der Waals surface area contributed by atoms with Gasteiger partial charge in [-0.1, -0.05) is 30.3 Å². The van der Waals surface area contributed by atoms with Crippen molar-refractivity contribution < 1.29 is 35.1 Å². The van der Waals surface area contributed by atoms with Gasteiger partial charge in [0.1, 0.15) is 5.82 Å². The Morgan fingerprint density at radius 1 is 0.429 bits per heavy atom. The summed E-state index contributed by atoms with van der Waals surface area (Å²) in [6.45, 7) is 0. The van der Waals surface area contributed by atoms with Crippen molar-refractivity contribution in [3.8, 4) is 11.1 Å². The van der Waals surface area contributed by atoms with E-state index in [1.54, 1.807) is 6.07 Å². The maximum absolute atomic E-state index is 14.6. The summed E-state index contributed by atoms with van der Waals surface area (Å²) in [5.74, 6) is -17.0. The number of fused-ring (bicyclic) bond motifs is 2. The van der Waals surface area contributed by atoms with Crippen molar-refractivity contribution in [2.75, 3.05) is 0 Å². The molecule has 142 valence electrons. The third kappa shape index (κ3) is 2.30. The topological polar surface area (TPSA) is 0 Å². The van der Waals surface area contributed by atoms with Gasteiger partial charge in [0.2, 0.25) is 0 Å². The molecule has 4 aromatic rings. The minimum Gasteiger partial charge on any atom is -0.206 e. The highest BCUT2D eigenvalue weighted by molar-refractivity contribution is 6.06. The van der Waals surface area contributed by atoms with Crippen LogP contribution < -0.4 is 0 Å². The number of rotatable bonds is 1. The molecule has 0 unspecified atom stereocenters. The van der Waals surface area contributed by atoms with Crippen molar-refractivity contribution in [1.82, 2.24) is 0 Å². The van der Waals surface area contributed by atoms with Crippen molar-refractivity contribution in [2.45, 2.75) is 0 Å². The molecule has 0 aromatic heterocycles. The molecular formula is C20H6F8. The van der Waals surface area contributed by atoms with Crippen molar-refractivity contribution >= 4 is 21.5 Å². The van der Waals surface area contributed by atoms with Gasteiger partial charge in [0.15, 0.2) is 40.7 Å². The fourth-order valence-corrected chi connectivity index (χ4v) is 3.23. The Hall–Kier alpha value is -3.16. The van der Waals surface area contributed by atoms with Gasteiger partial charge in [0.25, 0.3) is 0 Å². The van der Waals surface area contributed by atoms with Gasteiger partial charge in [-0.2, -0.15) is 0 Å². The molecule has 0 nitrogen and oxygen atoms in total. The summed E-state index contributed by atoms with van der Waals surface area (Å²) in [6, 6.07) is 7.81. The van der Waals surface area contributed by atoms with Gasteiger partial charge in [-0.05, 0) is 16.8 Å². The molecule has 4 aromatic carbocycles. The van der Waals surface area contributed by atoms with E-state index < -0.39 is 68.4 Å². The lowest BCUT2D eigenvalue weighted by Crippen LogP contribution is -2.07. The van der Waals surface area contributed by atoms with Gasteiger partial charge in [0.05, 0.1) is 5.39 Å². The average molecular weight is 398 g/mol. The zero-order valence-corrected chi connectivity index (χ0v) is 13.5. The first-order valence-corrected chi connectivity index (χ1v) is 7.75. The van der Waals surface area contributed by atoms with Crippen molar-refractivity contribution in [2.24, 2.45) is 0 Å². The lowest BCUT2D eigenvalue weighted by Gasteiger charge is -2.15. The number of benzene rings is 4. The molecule has 0 N–H and O–H groups in total. The van der Waals surface area contributed by atoms with Gasteiger partial charge >= 0.3 is 0 Å². The number of hydrogen-bond acceptors (Lipinski definition) is 0. The lowest BCUT2D eigenvalue weighted by atomic mass is 9.91. The molecule has 0 spiro atoms. The Bertz CT molecular complexity index is 1290. The molecule has 0 saturated carbocycles. The number of halogens is 8. The maximum atomic E-state index is 14.6. The first-order chi connectivity index (χ1) is 13.3. The summed E-state index contributed by atoms with van der Waals surface area (Å²) in [5, 5.41) is -2.85. The highest BCUT2D eigenvalue weighted by atomic mass is 19.2. The summed E-state index contributed by atoms with van der Waals surface area (Å²) < 4.78 is 113. The third-order valence-corrected chi connectivity index (χ3v) is 4.47. The van der Waals surface area contributed by atoms with Gasteiger partial charge in [0, 0.05) is 16.5 Å². The van der Waals surface area contributed by atoms with Crippen molar-refractivity contribution in [3.05, 3.63) is 82.9 Å². The molecule has 0 heterocycles. The van der Waals surface area contributed by atoms with Crippen LogP contribution in [0.2, 0.25) is 0 Å². The average Bonchev–Trinajstić information content (AvgIpc) is 2.69. The molecule has 0 atom stereocenters. The monoisotopic (exact) mass is 398 g/mol. The second-order valence-corrected chi connectivity index (χ2v) is 5.97. The molecular weight excluding hydrogens is 392 g/mol. The highest BCUT2D eigenvalue weighted by Gasteiger charge is 2.32. The zero-order valence-electron chi connectivity index (χ0n) is 13.5. The third-order valence-electron chi connectivity index (χ3n) is 4.47. The molecule has 0 aliphatic rings. The van der Waals surface area contributed by atoms with E-state index in [-0.39, 0.29) is 5.39 Å². The van der Waals surface area contributed by atoms with Crippen LogP contribution in [0.3, 0.4) is 0 Å². The molecule has 28 heavy (non-hydrogen) atoms. The number of hydrogen-bond donors (Lipinski definition) is 0. The molecule has 8 heteroatoms. The highest BCUT2D eigenvalue weighted by Crippen LogP contribution is 2.42. The van der Waals surface area contributed by atoms with E-state index in [1.165, 1.54) is 24.3 Å². The molecule has 0 aliphatic carbocycles. The van der Waals surface area contributed by atoms with E-state index in [9.17, 15) is 35.1 Å². The minimum atomic E-state index is -2.40. The Morgan fingerprint density at radius 3 is 1.61 bits per heavy atom. The van der Waals surface area contributed by atoms with Crippen LogP contribution in [0, 0.1) is 46.5 Å². The minimum absolute atomic E-state index is 0.0572. The van der Waals surface area contributed by atoms with Crippen LogP contribution in [0.4, 0.5) is 35.1 Å². The van der Waals surface area contributed by atoms with Crippen LogP contribution in [0.15, 0.2) is 36.4 Å². The second-order valence-electron chi connectivity index (χ2n) is 5.97. The molecule has 0 amide bonds. The molecule has 0 saturated heterocycles. The van der Waals surface area contributed by atoms with Gasteiger partial charge < -0.3 is 0 Å². The van der Waals surface area contributed by atoms with Crippen molar-refractivity contribution in [3.63, 3.8) is 0 Å². The Morgan fingerprint density at radius 2 is 0.964 bits per heavy atom. The van der Waals surface area contributed by atoms with Crippen LogP contribution in [-0.4, -0.2) is 0 Å². The molecule has 0 fully saturated rings. The summed E-state index contributed by atoms with van der Waals surface area (Å²) in [6.07, 6.45) is 0. The first kappa shape index (κ1) is 18.2. The zero-order chi connectivity index (χ0) is 20.3. The van der Waals surface area contributed by atoms with Crippen LogP contribution in [-0.2, 0) is 0 Å². The van der Waals surface area contributed by atoms with Crippen molar-refractivity contribution in [1.29, 1.82) is 0 Å². The fourth-order valence-electron chi connectivity index (χ4n) is 3.23. The predicted molar refractivity (Wildman–Crippen MR) is 86.6 cm³/mol. The predicted octanol–water partition coefficient (Wildman–Crippen LogP) is 6.77. The Labute approximate surface area is 151 Å². The smallest absolute Gasteiger partial charge is 0.198 e. The lowest BCUT2D eigenvalue weighted by molar-refractivity contribution is 0.411. The van der Waals surface area contributed by atoms with E-state index in [4.69, 9.17) is 0 Å². The Balaban J connectivity index is 2.36. The van der Waals surface area contributed by atoms with E-state index in [2.05, 4.69) is 0 Å². The molecule has 0 radical (unpaired) electrons. The van der Waals surface area contributed by atoms with E-state index in [0.29, 0.717) is 5.39 Å². The SMILES string of the molecule is Fc1ccc2ccccc2c1-c1c(F)c(F)c(F)c2c(F)c(F)c(F)c(F)c12. The van der Waals surface area contributed by atoms with Crippen LogP contribution in [0.5, 0.6) is 0 Å². The summed E-state index contributed by atoms with van der Waals surface area (Å²) in [7, 11) is 0. The maximum Gasteiger partial charge on any atom is 0.198 e. The van der Waals surface area contributed by atoms with E-state index in [1.807, 2.05) is 0 Å². The summed E-state index contributed by atoms with van der Waals surface area (Å²) in [5.41, 5.74) is -2.00. The first-order valence-electron chi connectivity index (χ1n) is 7.75. The van der Waals surface area contributed by atoms with Gasteiger partial charge in [-0.25, -0.2) is 35.1 Å². The molecule has 0 aliphatic heterocycles. The normalized spacial score (nSPS) is 11.6. The second kappa shape index (κ2) is 6.19. The standard InChI is InChI=1S/C20H6F8/c21-9-6-5-7-3-1-2-4-8(7)10(9)11-12-13(16(24)18(26)14(11)22)17(25)20(28)19(27)15(12)23/h1-6H. The molecule has 0 bridgehead atoms. The van der Waals surface area contributed by atoms with E-state index in [0.717, 1.165) is 6.07 Å². The van der Waals surface area contributed by atoms with Gasteiger partial charge in [-0.3, -0.25) is 0 Å². The summed E-state index contributed by atoms with van der Waals surface area (Å²) in [4.78, 5) is 0.